The molecule has 2 aliphatic heterocycles. The monoisotopic (exact) mass is 552 g/mol. The predicted molar refractivity (Wildman–Crippen MR) is 128 cm³/mol. The Morgan fingerprint density at radius 2 is 2.00 bits per heavy atom. The Balaban J connectivity index is 1.35. The molecule has 0 bridgehead atoms. The Morgan fingerprint density at radius 3 is 2.59 bits per heavy atom. The minimum atomic E-state index is -2.60. The molecule has 17 heteroatoms. The molecular formula is C20H24N8O7S2. The van der Waals surface area contributed by atoms with Gasteiger partial charge in [0.15, 0.2) is 0 Å². The van der Waals surface area contributed by atoms with Gasteiger partial charge in [0.1, 0.15) is 17.1 Å². The Labute approximate surface area is 218 Å². The summed E-state index contributed by atoms with van der Waals surface area (Å²) in [5.41, 5.74) is 7.11. The number of hydrogen-bond donors (Lipinski definition) is 5. The summed E-state index contributed by atoms with van der Waals surface area (Å²) in [6, 6.07) is 5.61. The number of nitrogens with zero attached hydrogens (tertiary/aromatic N) is 6. The number of carboxylic acids is 1. The molecule has 2 amide bonds. The highest BCUT2D eigenvalue weighted by atomic mass is 32.2. The smallest absolute Gasteiger partial charge is 0.352 e. The number of carbonyl (C=O) groups excluding carboxylic acids is 2. The summed E-state index contributed by atoms with van der Waals surface area (Å²) >= 11 is 2.64. The molecule has 1 aromatic carbocycles. The van der Waals surface area contributed by atoms with Gasteiger partial charge in [-0.05, 0) is 27.1 Å². The van der Waals surface area contributed by atoms with E-state index in [0.717, 1.165) is 0 Å². The number of hydroxylamine groups is 3. The van der Waals surface area contributed by atoms with Gasteiger partial charge in [-0.3, -0.25) is 20.2 Å². The average molecular weight is 553 g/mol. The van der Waals surface area contributed by atoms with E-state index in [4.69, 9.17) is 16.1 Å². The molecule has 3 heterocycles. The number of thioether (sulfide) groups is 2. The number of rotatable bonds is 10. The lowest BCUT2D eigenvalue weighted by atomic mass is 10.0. The first-order chi connectivity index (χ1) is 17.5. The number of carboxylic acid groups (broad SMARTS) is 1. The number of quaternary nitrogens is 1. The van der Waals surface area contributed by atoms with E-state index in [0.29, 0.717) is 33.4 Å². The number of benzene rings is 1. The number of aromatic nitrogens is 4. The maximum Gasteiger partial charge on any atom is 0.352 e. The van der Waals surface area contributed by atoms with E-state index in [9.17, 15) is 24.7 Å². The molecule has 0 saturated carbocycles. The van der Waals surface area contributed by atoms with Gasteiger partial charge in [-0.2, -0.15) is 10.4 Å². The average Bonchev–Trinajstić information content (AvgIpc) is 3.25. The first-order valence-corrected chi connectivity index (χ1v) is 12.9. The highest BCUT2D eigenvalue weighted by Gasteiger charge is 2.54. The third-order valence-electron chi connectivity index (χ3n) is 5.79. The van der Waals surface area contributed by atoms with Gasteiger partial charge in [0, 0.05) is 25.0 Å². The number of fused-ring (bicyclic) bond motifs is 1. The zero-order valence-electron chi connectivity index (χ0n) is 19.4. The number of amides is 2. The molecule has 3 unspecified atom stereocenters. The highest BCUT2D eigenvalue weighted by Crippen LogP contribution is 2.41. The second kappa shape index (κ2) is 10.7. The van der Waals surface area contributed by atoms with E-state index in [2.05, 4.69) is 20.8 Å². The molecule has 2 aromatic rings. The summed E-state index contributed by atoms with van der Waals surface area (Å²) in [6.07, 6.45) is -1.61. The van der Waals surface area contributed by atoms with Gasteiger partial charge in [-0.15, -0.1) is 16.9 Å². The highest BCUT2D eigenvalue weighted by molar-refractivity contribution is 8.01. The van der Waals surface area contributed by atoms with Crippen LogP contribution in [0.2, 0.25) is 0 Å². The summed E-state index contributed by atoms with van der Waals surface area (Å²) in [5, 5.41) is 52.6. The van der Waals surface area contributed by atoms with Crippen LogP contribution >= 0.6 is 23.5 Å². The van der Waals surface area contributed by atoms with E-state index < -0.39 is 40.3 Å². The van der Waals surface area contributed by atoms with E-state index in [1.165, 1.54) is 33.1 Å². The van der Waals surface area contributed by atoms with Crippen LogP contribution in [0.3, 0.4) is 0 Å². The largest absolute Gasteiger partial charge is 0.563 e. The van der Waals surface area contributed by atoms with Crippen molar-refractivity contribution in [2.24, 2.45) is 12.8 Å². The summed E-state index contributed by atoms with van der Waals surface area (Å²) in [7, 11) is 1.67. The molecule has 6 N–H and O–H groups in total. The molecule has 15 nitrogen and oxygen atoms in total. The molecule has 37 heavy (non-hydrogen) atoms. The van der Waals surface area contributed by atoms with Crippen LogP contribution < -0.4 is 11.1 Å². The number of tetrazole rings is 1. The Bertz CT molecular complexity index is 1230. The van der Waals surface area contributed by atoms with Crippen molar-refractivity contribution in [1.82, 2.24) is 30.4 Å². The number of aryl methyl sites for hydroxylation is 1. The fourth-order valence-corrected chi connectivity index (χ4v) is 6.19. The third kappa shape index (κ3) is 5.93. The fourth-order valence-electron chi connectivity index (χ4n) is 3.85. The van der Waals surface area contributed by atoms with E-state index >= 15 is 0 Å². The Hall–Kier alpha value is -3.06. The first-order valence-electron chi connectivity index (χ1n) is 10.9. The molecule has 0 aliphatic carbocycles. The molecule has 1 fully saturated rings. The van der Waals surface area contributed by atoms with Crippen LogP contribution in [0, 0.1) is 5.21 Å². The number of nitrogens with one attached hydrogen (secondary N) is 1. The summed E-state index contributed by atoms with van der Waals surface area (Å²) in [5.74, 6) is -1.47. The van der Waals surface area contributed by atoms with Crippen molar-refractivity contribution in [2.45, 2.75) is 35.6 Å². The van der Waals surface area contributed by atoms with Crippen LogP contribution in [0.15, 0.2) is 40.7 Å². The molecule has 4 rings (SSSR count). The molecule has 1 saturated heterocycles. The molecular weight excluding hydrogens is 528 g/mol. The normalized spacial score (nSPS) is 20.4. The van der Waals surface area contributed by atoms with Gasteiger partial charge in [0.2, 0.25) is 17.2 Å². The fraction of sp³-hybridized carbons (Fsp3) is 0.400. The first kappa shape index (κ1) is 27.0. The van der Waals surface area contributed by atoms with Gasteiger partial charge >= 0.3 is 5.97 Å². The number of β-lactam (4-membered cyclic amide) rings is 1. The third-order valence-corrected chi connectivity index (χ3v) is 8.22. The lowest BCUT2D eigenvalue weighted by Crippen LogP contribution is -2.70. The van der Waals surface area contributed by atoms with Crippen LogP contribution in [0.25, 0.3) is 0 Å². The van der Waals surface area contributed by atoms with Gasteiger partial charge in [-0.25, -0.2) is 9.48 Å². The minimum absolute atomic E-state index is 0.0374. The topological polar surface area (TPSA) is 220 Å². The maximum absolute atomic E-state index is 12.8. The van der Waals surface area contributed by atoms with Crippen molar-refractivity contribution >= 4 is 41.3 Å². The number of carbonyl (C=O) groups is 3. The molecule has 198 valence electrons. The number of aliphatic carboxylic acids is 1. The maximum atomic E-state index is 12.8. The quantitative estimate of drug-likeness (QED) is 0.0802. The van der Waals surface area contributed by atoms with Gasteiger partial charge in [0.25, 0.3) is 5.91 Å². The molecule has 0 radical (unpaired) electrons. The second-order valence-corrected chi connectivity index (χ2v) is 10.5. The standard InChI is InChI=1S/C20H24N8O7S2/c1-26-20(23-24-25-26)37-9-12-8-36-18-15(17(30)27(18)16(12)19(31)32)22-14(29)7-11-4-2-10(3-5-11)6-13(21)28(33,34)35/h2-5,13,15,18,33-34H,6-9,21H2,1H3,(H,22,29)(H,31,32). The summed E-state index contributed by atoms with van der Waals surface area (Å²) in [6.45, 7) is 0. The molecule has 3 atom stereocenters. The number of hydrogen-bond acceptors (Lipinski definition) is 12. The van der Waals surface area contributed by atoms with E-state index in [-0.39, 0.29) is 18.5 Å². The Kier molecular flexibility index (Phi) is 7.83. The van der Waals surface area contributed by atoms with Crippen molar-refractivity contribution in [3.05, 3.63) is 51.9 Å². The summed E-state index contributed by atoms with van der Waals surface area (Å²) < 4.78 is 1.47. The number of nitrogens with two attached hydrogens (primary N) is 1. The van der Waals surface area contributed by atoms with Crippen molar-refractivity contribution in [3.63, 3.8) is 0 Å². The lowest BCUT2D eigenvalue weighted by Gasteiger charge is -2.49. The van der Waals surface area contributed by atoms with Crippen LogP contribution in [0.5, 0.6) is 0 Å². The second-order valence-electron chi connectivity index (χ2n) is 8.44. The van der Waals surface area contributed by atoms with Crippen LogP contribution in [-0.2, 0) is 34.3 Å². The Morgan fingerprint density at radius 1 is 1.32 bits per heavy atom. The van der Waals surface area contributed by atoms with Crippen molar-refractivity contribution in [2.75, 3.05) is 11.5 Å². The molecule has 0 spiro atoms. The van der Waals surface area contributed by atoms with E-state index in [1.54, 1.807) is 31.3 Å². The van der Waals surface area contributed by atoms with E-state index in [1.807, 2.05) is 0 Å². The van der Waals surface area contributed by atoms with Crippen LogP contribution in [0.1, 0.15) is 11.1 Å². The molecule has 2 aliphatic rings. The molecule has 1 aromatic heterocycles. The SMILES string of the molecule is Cn1nnnc1SCC1=C(C(=O)O)N2C(=O)C(NC(=O)Cc3ccc(CC(N)[N+]([O-])(O)O)cc3)C2SC1. The van der Waals surface area contributed by atoms with Gasteiger partial charge < -0.3 is 15.6 Å². The lowest BCUT2D eigenvalue weighted by molar-refractivity contribution is -1.23. The summed E-state index contributed by atoms with van der Waals surface area (Å²) in [4.78, 5) is 36.0. The predicted octanol–water partition coefficient (Wildman–Crippen LogP) is -0.796. The minimum Gasteiger partial charge on any atom is -0.563 e. The van der Waals surface area contributed by atoms with Crippen LogP contribution in [-0.4, -0.2) is 92.5 Å². The van der Waals surface area contributed by atoms with Crippen molar-refractivity contribution in [1.29, 1.82) is 0 Å². The van der Waals surface area contributed by atoms with Gasteiger partial charge in [0.05, 0.1) is 6.42 Å². The van der Waals surface area contributed by atoms with Crippen molar-refractivity contribution in [3.8, 4) is 0 Å². The zero-order valence-corrected chi connectivity index (χ0v) is 21.1. The van der Waals surface area contributed by atoms with Crippen LogP contribution in [0.4, 0.5) is 0 Å². The van der Waals surface area contributed by atoms with Crippen molar-refractivity contribution < 1.29 is 34.9 Å². The van der Waals surface area contributed by atoms with Gasteiger partial charge in [-0.1, -0.05) is 41.0 Å². The zero-order chi connectivity index (χ0) is 26.9.